The number of benzene rings is 1. The molecule has 5 nitrogen and oxygen atoms in total. The summed E-state index contributed by atoms with van der Waals surface area (Å²) >= 11 is 0. The number of ketones is 1. The number of urea groups is 1. The quantitative estimate of drug-likeness (QED) is 0.619. The molecule has 1 aromatic rings. The fraction of sp³-hybridized carbons (Fsp3) is 0.609. The highest BCUT2D eigenvalue weighted by atomic mass is 16.2. The van der Waals surface area contributed by atoms with Crippen molar-refractivity contribution in [2.24, 2.45) is 5.92 Å². The first-order valence-electron chi connectivity index (χ1n) is 10.8. The number of nitrogens with zero attached hydrogens (tertiary/aromatic N) is 1. The Balaban J connectivity index is 1.42. The summed E-state index contributed by atoms with van der Waals surface area (Å²) in [5, 5.41) is 2.88. The number of Topliss-reactive ketones (excluding diaryl/α,β-unsaturated/α-hetero) is 1. The van der Waals surface area contributed by atoms with Crippen LogP contribution >= 0.6 is 0 Å². The van der Waals surface area contributed by atoms with E-state index in [0.29, 0.717) is 30.2 Å². The summed E-state index contributed by atoms with van der Waals surface area (Å²) in [6.07, 6.45) is 9.49. The van der Waals surface area contributed by atoms with Gasteiger partial charge in [-0.3, -0.25) is 14.5 Å². The van der Waals surface area contributed by atoms with Gasteiger partial charge in [0.25, 0.3) is 5.91 Å². The number of amides is 3. The minimum absolute atomic E-state index is 0.176. The van der Waals surface area contributed by atoms with Crippen LogP contribution in [0.15, 0.2) is 24.3 Å². The Hall–Kier alpha value is -2.17. The molecule has 0 atom stereocenters. The molecule has 4 rings (SSSR count). The lowest BCUT2D eigenvalue weighted by atomic mass is 9.77. The summed E-state index contributed by atoms with van der Waals surface area (Å²) in [4.78, 5) is 39.2. The van der Waals surface area contributed by atoms with Crippen molar-refractivity contribution in [1.29, 1.82) is 0 Å². The number of rotatable bonds is 4. The third kappa shape index (κ3) is 3.59. The van der Waals surface area contributed by atoms with Gasteiger partial charge in [0.2, 0.25) is 0 Å². The van der Waals surface area contributed by atoms with Gasteiger partial charge in [-0.25, -0.2) is 4.79 Å². The first-order chi connectivity index (χ1) is 13.5. The van der Waals surface area contributed by atoms with Gasteiger partial charge in [0.05, 0.1) is 6.54 Å². The van der Waals surface area contributed by atoms with E-state index < -0.39 is 11.6 Å². The summed E-state index contributed by atoms with van der Waals surface area (Å²) in [7, 11) is 0. The van der Waals surface area contributed by atoms with Gasteiger partial charge in [0.1, 0.15) is 5.54 Å². The zero-order valence-corrected chi connectivity index (χ0v) is 16.7. The highest BCUT2D eigenvalue weighted by molar-refractivity contribution is 6.11. The molecule has 1 heterocycles. The molecule has 0 bridgehead atoms. The van der Waals surface area contributed by atoms with Gasteiger partial charge in [-0.15, -0.1) is 0 Å². The van der Waals surface area contributed by atoms with Crippen LogP contribution in [0.25, 0.3) is 0 Å². The van der Waals surface area contributed by atoms with Gasteiger partial charge in [-0.2, -0.15) is 0 Å². The lowest BCUT2D eigenvalue weighted by Gasteiger charge is -2.33. The molecule has 5 heteroatoms. The predicted molar refractivity (Wildman–Crippen MR) is 107 cm³/mol. The van der Waals surface area contributed by atoms with Crippen LogP contribution < -0.4 is 5.32 Å². The number of hydrogen-bond donors (Lipinski definition) is 1. The maximum Gasteiger partial charge on any atom is 0.325 e. The van der Waals surface area contributed by atoms with Crippen LogP contribution in [-0.4, -0.2) is 34.7 Å². The van der Waals surface area contributed by atoms with E-state index in [1.807, 2.05) is 24.3 Å². The van der Waals surface area contributed by atoms with Crippen LogP contribution in [-0.2, 0) is 4.79 Å². The Morgan fingerprint density at radius 3 is 2.32 bits per heavy atom. The van der Waals surface area contributed by atoms with E-state index >= 15 is 0 Å². The predicted octanol–water partition coefficient (Wildman–Crippen LogP) is 4.42. The zero-order chi connectivity index (χ0) is 19.7. The van der Waals surface area contributed by atoms with Crippen molar-refractivity contribution >= 4 is 17.7 Å². The first-order valence-corrected chi connectivity index (χ1v) is 10.8. The van der Waals surface area contributed by atoms with Crippen molar-refractivity contribution in [3.63, 3.8) is 0 Å². The number of hydrogen-bond acceptors (Lipinski definition) is 3. The summed E-state index contributed by atoms with van der Waals surface area (Å²) in [6, 6.07) is 7.36. The van der Waals surface area contributed by atoms with Gasteiger partial charge in [0, 0.05) is 5.56 Å². The molecule has 1 aromatic carbocycles. The first kappa shape index (κ1) is 19.2. The molecule has 2 aliphatic carbocycles. The highest BCUT2D eigenvalue weighted by Crippen LogP contribution is 2.36. The van der Waals surface area contributed by atoms with Crippen molar-refractivity contribution < 1.29 is 14.4 Å². The van der Waals surface area contributed by atoms with E-state index in [0.717, 1.165) is 17.7 Å². The number of carbonyl (C=O) groups excluding carboxylic acids is 3. The lowest BCUT2D eigenvalue weighted by Crippen LogP contribution is -2.49. The van der Waals surface area contributed by atoms with E-state index in [9.17, 15) is 14.4 Å². The summed E-state index contributed by atoms with van der Waals surface area (Å²) in [5.41, 5.74) is 1.08. The smallest absolute Gasteiger partial charge is 0.323 e. The summed E-state index contributed by atoms with van der Waals surface area (Å²) in [5.74, 6) is 0.766. The number of nitrogens with one attached hydrogen (secondary N) is 1. The molecular formula is C23H30N2O3. The molecule has 28 heavy (non-hydrogen) atoms. The van der Waals surface area contributed by atoms with Gasteiger partial charge in [-0.05, 0) is 55.9 Å². The molecule has 0 aromatic heterocycles. The van der Waals surface area contributed by atoms with Crippen molar-refractivity contribution in [2.75, 3.05) is 6.54 Å². The summed E-state index contributed by atoms with van der Waals surface area (Å²) in [6.45, 7) is 2.00. The van der Waals surface area contributed by atoms with E-state index in [1.54, 1.807) is 0 Å². The molecule has 0 unspecified atom stereocenters. The Morgan fingerprint density at radius 2 is 1.68 bits per heavy atom. The van der Waals surface area contributed by atoms with Crippen molar-refractivity contribution in [1.82, 2.24) is 10.2 Å². The van der Waals surface area contributed by atoms with Gasteiger partial charge >= 0.3 is 6.03 Å². The third-order valence-corrected chi connectivity index (χ3v) is 6.98. The Kier molecular flexibility index (Phi) is 5.26. The van der Waals surface area contributed by atoms with E-state index in [1.165, 1.54) is 37.7 Å². The second kappa shape index (κ2) is 7.69. The molecular weight excluding hydrogens is 352 g/mol. The fourth-order valence-electron chi connectivity index (χ4n) is 5.03. The minimum Gasteiger partial charge on any atom is -0.323 e. The van der Waals surface area contributed by atoms with Gasteiger partial charge in [0.15, 0.2) is 5.78 Å². The molecule has 1 N–H and O–H groups in total. The number of carbonyl (C=O) groups is 3. The van der Waals surface area contributed by atoms with Crippen LogP contribution in [0.2, 0.25) is 0 Å². The van der Waals surface area contributed by atoms with E-state index in [2.05, 4.69) is 12.2 Å². The molecule has 1 aliphatic heterocycles. The Labute approximate surface area is 166 Å². The minimum atomic E-state index is -0.783. The molecule has 3 amide bonds. The molecule has 0 radical (unpaired) electrons. The standard InChI is InChI=1S/C23H30N2O3/c1-16-11-13-23(14-12-16)21(27)25(22(28)24-23)15-20(26)19-9-7-18(8-10-19)17-5-3-2-4-6-17/h7-10,16-17H,2-6,11-15H2,1H3,(H,24,28). The highest BCUT2D eigenvalue weighted by Gasteiger charge is 2.52. The molecule has 1 saturated heterocycles. The molecule has 150 valence electrons. The van der Waals surface area contributed by atoms with Crippen LogP contribution in [0.5, 0.6) is 0 Å². The molecule has 3 aliphatic rings. The fourth-order valence-corrected chi connectivity index (χ4v) is 5.03. The van der Waals surface area contributed by atoms with Crippen molar-refractivity contribution in [3.8, 4) is 0 Å². The van der Waals surface area contributed by atoms with Crippen molar-refractivity contribution in [3.05, 3.63) is 35.4 Å². The monoisotopic (exact) mass is 382 g/mol. The van der Waals surface area contributed by atoms with Crippen LogP contribution in [0, 0.1) is 5.92 Å². The van der Waals surface area contributed by atoms with Crippen LogP contribution in [0.3, 0.4) is 0 Å². The second-order valence-electron chi connectivity index (χ2n) is 8.97. The Morgan fingerprint density at radius 1 is 1.04 bits per heavy atom. The molecule has 2 saturated carbocycles. The van der Waals surface area contributed by atoms with Crippen molar-refractivity contribution in [2.45, 2.75) is 76.2 Å². The van der Waals surface area contributed by atoms with E-state index in [4.69, 9.17) is 0 Å². The largest absolute Gasteiger partial charge is 0.325 e. The number of imide groups is 1. The molecule has 3 fully saturated rings. The van der Waals surface area contributed by atoms with Gasteiger partial charge in [-0.1, -0.05) is 50.5 Å². The zero-order valence-electron chi connectivity index (χ0n) is 16.7. The maximum atomic E-state index is 12.9. The SMILES string of the molecule is CC1CCC2(CC1)NC(=O)N(CC(=O)c1ccc(C3CCCCC3)cc1)C2=O. The normalized spacial score (nSPS) is 28.6. The Bertz CT molecular complexity index is 757. The topological polar surface area (TPSA) is 66.5 Å². The van der Waals surface area contributed by atoms with Crippen LogP contribution in [0.4, 0.5) is 4.79 Å². The second-order valence-corrected chi connectivity index (χ2v) is 8.97. The maximum absolute atomic E-state index is 12.9. The third-order valence-electron chi connectivity index (χ3n) is 6.98. The lowest BCUT2D eigenvalue weighted by molar-refractivity contribution is -0.132. The van der Waals surface area contributed by atoms with Crippen LogP contribution in [0.1, 0.15) is 86.6 Å². The average molecular weight is 383 g/mol. The summed E-state index contributed by atoms with van der Waals surface area (Å²) < 4.78 is 0. The average Bonchev–Trinajstić information content (AvgIpc) is 2.95. The molecule has 1 spiro atoms. The van der Waals surface area contributed by atoms with E-state index in [-0.39, 0.29) is 18.2 Å². The van der Waals surface area contributed by atoms with Gasteiger partial charge < -0.3 is 5.32 Å².